The molecule has 0 heterocycles. The van der Waals surface area contributed by atoms with Gasteiger partial charge < -0.3 is 20.3 Å². The Balaban J connectivity index is 4.58. The third kappa shape index (κ3) is 42.6. The average molecular weight is 830 g/mol. The molecule has 346 valence electrons. The highest BCUT2D eigenvalue weighted by Crippen LogP contribution is 2.18. The number of ether oxygens (including phenoxy) is 1. The second kappa shape index (κ2) is 47.1. The Labute approximate surface area is 366 Å². The fourth-order valence-electron chi connectivity index (χ4n) is 7.86. The van der Waals surface area contributed by atoms with Gasteiger partial charge in [0.15, 0.2) is 0 Å². The van der Waals surface area contributed by atoms with Crippen molar-refractivity contribution in [2.45, 2.75) is 283 Å². The quantitative estimate of drug-likeness (QED) is 0.0323. The number of aliphatic hydroxyl groups is 2. The first-order valence-electron chi connectivity index (χ1n) is 25.7. The second-order valence-electron chi connectivity index (χ2n) is 17.5. The smallest absolute Gasteiger partial charge is 0.306 e. The molecule has 0 aromatic heterocycles. The molecule has 0 radical (unpaired) electrons. The number of nitrogens with one attached hydrogen (secondary N) is 1. The molecule has 6 nitrogen and oxygen atoms in total. The third-order valence-electron chi connectivity index (χ3n) is 11.7. The topological polar surface area (TPSA) is 95.9 Å². The number of aliphatic hydroxyl groups excluding tert-OH is 2. The molecule has 0 bridgehead atoms. The van der Waals surface area contributed by atoms with Crippen molar-refractivity contribution in [2.75, 3.05) is 6.61 Å². The van der Waals surface area contributed by atoms with Crippen LogP contribution in [0.25, 0.3) is 0 Å². The van der Waals surface area contributed by atoms with Crippen LogP contribution in [0.3, 0.4) is 0 Å². The predicted molar refractivity (Wildman–Crippen MR) is 255 cm³/mol. The van der Waals surface area contributed by atoms with Crippen LogP contribution in [0, 0.1) is 0 Å². The Morgan fingerprint density at radius 2 is 0.915 bits per heavy atom. The number of hydrogen-bond acceptors (Lipinski definition) is 5. The summed E-state index contributed by atoms with van der Waals surface area (Å²) >= 11 is 0. The summed E-state index contributed by atoms with van der Waals surface area (Å²) in [5.74, 6) is -0.486. The minimum Gasteiger partial charge on any atom is -0.462 e. The molecule has 0 fully saturated rings. The molecular weight excluding hydrogens is 731 g/mol. The average Bonchev–Trinajstić information content (AvgIpc) is 3.23. The SMILES string of the molecule is CC/C=C/C/C=C/C/C=C/CCCCCCC(CC(=O)NC(CO)C(O)CCCCCCCCCCCCCCCC)OC(=O)CCCCCCCCCCCCCC. The second-order valence-corrected chi connectivity index (χ2v) is 17.5. The van der Waals surface area contributed by atoms with Crippen LogP contribution < -0.4 is 5.32 Å². The summed E-state index contributed by atoms with van der Waals surface area (Å²) in [5, 5.41) is 23.8. The molecule has 3 N–H and O–H groups in total. The van der Waals surface area contributed by atoms with Gasteiger partial charge in [0.2, 0.25) is 5.91 Å². The predicted octanol–water partition coefficient (Wildman–Crippen LogP) is 15.3. The summed E-state index contributed by atoms with van der Waals surface area (Å²) in [4.78, 5) is 26.1. The lowest BCUT2D eigenvalue weighted by Gasteiger charge is -2.24. The third-order valence-corrected chi connectivity index (χ3v) is 11.7. The highest BCUT2D eigenvalue weighted by molar-refractivity contribution is 5.77. The molecule has 1 amide bonds. The van der Waals surface area contributed by atoms with Gasteiger partial charge in [0.1, 0.15) is 6.10 Å². The van der Waals surface area contributed by atoms with Gasteiger partial charge in [0.05, 0.1) is 25.2 Å². The first-order chi connectivity index (χ1) is 29.0. The fourth-order valence-corrected chi connectivity index (χ4v) is 7.86. The van der Waals surface area contributed by atoms with Crippen molar-refractivity contribution in [1.82, 2.24) is 5.32 Å². The van der Waals surface area contributed by atoms with Crippen LogP contribution in [-0.4, -0.2) is 46.9 Å². The maximum Gasteiger partial charge on any atom is 0.306 e. The van der Waals surface area contributed by atoms with Gasteiger partial charge in [0.25, 0.3) is 0 Å². The maximum atomic E-state index is 13.2. The minimum absolute atomic E-state index is 0.0662. The molecule has 0 aliphatic rings. The van der Waals surface area contributed by atoms with Gasteiger partial charge >= 0.3 is 5.97 Å². The van der Waals surface area contributed by atoms with Crippen molar-refractivity contribution in [1.29, 1.82) is 0 Å². The molecule has 0 aliphatic heterocycles. The summed E-state index contributed by atoms with van der Waals surface area (Å²) in [7, 11) is 0. The zero-order valence-corrected chi connectivity index (χ0v) is 39.4. The first kappa shape index (κ1) is 57.1. The van der Waals surface area contributed by atoms with Crippen molar-refractivity contribution >= 4 is 11.9 Å². The van der Waals surface area contributed by atoms with E-state index in [1.54, 1.807) is 0 Å². The first-order valence-corrected chi connectivity index (χ1v) is 25.7. The summed E-state index contributed by atoms with van der Waals surface area (Å²) in [6.45, 7) is 6.37. The van der Waals surface area contributed by atoms with Gasteiger partial charge in [-0.1, -0.05) is 231 Å². The molecule has 0 saturated heterocycles. The highest BCUT2D eigenvalue weighted by Gasteiger charge is 2.24. The lowest BCUT2D eigenvalue weighted by atomic mass is 10.0. The van der Waals surface area contributed by atoms with Crippen molar-refractivity contribution in [3.8, 4) is 0 Å². The Hall–Kier alpha value is -1.92. The summed E-state index contributed by atoms with van der Waals surface area (Å²) in [6.07, 6.45) is 54.9. The Morgan fingerprint density at radius 3 is 1.39 bits per heavy atom. The lowest BCUT2D eigenvalue weighted by molar-refractivity contribution is -0.151. The normalized spacial score (nSPS) is 13.5. The summed E-state index contributed by atoms with van der Waals surface area (Å²) in [6, 6.07) is -0.705. The molecule has 0 saturated carbocycles. The number of carbonyl (C=O) groups is 2. The minimum atomic E-state index is -0.791. The van der Waals surface area contributed by atoms with Crippen molar-refractivity contribution in [3.05, 3.63) is 36.5 Å². The van der Waals surface area contributed by atoms with E-state index in [0.29, 0.717) is 19.3 Å². The van der Waals surface area contributed by atoms with Crippen LogP contribution >= 0.6 is 0 Å². The molecule has 0 aromatic carbocycles. The van der Waals surface area contributed by atoms with Gasteiger partial charge in [0, 0.05) is 6.42 Å². The highest BCUT2D eigenvalue weighted by atomic mass is 16.5. The van der Waals surface area contributed by atoms with Crippen LogP contribution in [0.4, 0.5) is 0 Å². The van der Waals surface area contributed by atoms with E-state index in [1.165, 1.54) is 128 Å². The summed E-state index contributed by atoms with van der Waals surface area (Å²) in [5.41, 5.74) is 0. The number of esters is 1. The van der Waals surface area contributed by atoms with Gasteiger partial charge in [-0.15, -0.1) is 0 Å². The van der Waals surface area contributed by atoms with Gasteiger partial charge in [-0.05, 0) is 57.8 Å². The van der Waals surface area contributed by atoms with Crippen LogP contribution in [0.2, 0.25) is 0 Å². The molecule has 0 spiro atoms. The zero-order valence-electron chi connectivity index (χ0n) is 39.4. The molecule has 3 unspecified atom stereocenters. The molecule has 0 rings (SSSR count). The van der Waals surface area contributed by atoms with Crippen molar-refractivity contribution < 1.29 is 24.5 Å². The fraction of sp³-hybridized carbons (Fsp3) is 0.849. The largest absolute Gasteiger partial charge is 0.462 e. The Bertz CT molecular complexity index is 977. The molecule has 6 heteroatoms. The number of allylic oxidation sites excluding steroid dienone is 6. The van der Waals surface area contributed by atoms with Crippen LogP contribution in [0.5, 0.6) is 0 Å². The van der Waals surface area contributed by atoms with E-state index in [0.717, 1.165) is 89.9 Å². The number of carbonyl (C=O) groups excluding carboxylic acids is 2. The Kier molecular flexibility index (Phi) is 45.6. The zero-order chi connectivity index (χ0) is 43.1. The van der Waals surface area contributed by atoms with E-state index >= 15 is 0 Å². The molecule has 3 atom stereocenters. The van der Waals surface area contributed by atoms with Crippen LogP contribution in [0.1, 0.15) is 265 Å². The lowest BCUT2D eigenvalue weighted by Crippen LogP contribution is -2.46. The standard InChI is InChI=1S/C53H99NO5/c1-4-7-10-13-16-19-22-25-27-29-32-35-38-41-44-49(59-53(58)46-43-40-37-34-31-24-21-18-15-12-9-6-3)47-52(57)54-50(48-55)51(56)45-42-39-36-33-30-28-26-23-20-17-14-11-8-5-2/h7,10,16,19,25,27,49-51,55-56H,4-6,8-9,11-15,17-18,20-24,26,28-48H2,1-3H3,(H,54,57)/b10-7+,19-16+,27-25+. The van der Waals surface area contributed by atoms with E-state index in [2.05, 4.69) is 62.5 Å². The maximum absolute atomic E-state index is 13.2. The number of unbranched alkanes of at least 4 members (excludes halogenated alkanes) is 28. The van der Waals surface area contributed by atoms with Crippen LogP contribution in [0.15, 0.2) is 36.5 Å². The van der Waals surface area contributed by atoms with Gasteiger partial charge in [-0.25, -0.2) is 0 Å². The monoisotopic (exact) mass is 830 g/mol. The number of rotatable bonds is 46. The van der Waals surface area contributed by atoms with E-state index in [4.69, 9.17) is 4.74 Å². The van der Waals surface area contributed by atoms with Crippen molar-refractivity contribution in [2.24, 2.45) is 0 Å². The van der Waals surface area contributed by atoms with Gasteiger partial charge in [-0.2, -0.15) is 0 Å². The van der Waals surface area contributed by atoms with E-state index in [1.807, 2.05) is 0 Å². The van der Waals surface area contributed by atoms with Crippen LogP contribution in [-0.2, 0) is 14.3 Å². The molecular formula is C53H99NO5. The number of amides is 1. The molecule has 0 aliphatic carbocycles. The molecule has 59 heavy (non-hydrogen) atoms. The van der Waals surface area contributed by atoms with Gasteiger partial charge in [-0.3, -0.25) is 9.59 Å². The molecule has 0 aromatic rings. The van der Waals surface area contributed by atoms with E-state index in [-0.39, 0.29) is 24.9 Å². The summed E-state index contributed by atoms with van der Waals surface area (Å²) < 4.78 is 5.92. The van der Waals surface area contributed by atoms with Crippen molar-refractivity contribution in [3.63, 3.8) is 0 Å². The van der Waals surface area contributed by atoms with E-state index in [9.17, 15) is 19.8 Å². The number of hydrogen-bond donors (Lipinski definition) is 3. The van der Waals surface area contributed by atoms with E-state index < -0.39 is 18.2 Å². The Morgan fingerprint density at radius 1 is 0.508 bits per heavy atom.